The van der Waals surface area contributed by atoms with E-state index < -0.39 is 343 Å². The van der Waals surface area contributed by atoms with Gasteiger partial charge in [0.2, 0.25) is 118 Å². The summed E-state index contributed by atoms with van der Waals surface area (Å²) in [6.45, 7) is 18.3. The van der Waals surface area contributed by atoms with E-state index in [0.717, 1.165) is 20.8 Å². The molecule has 0 aliphatic carbocycles. The first-order valence-corrected chi connectivity index (χ1v) is 48.1. The summed E-state index contributed by atoms with van der Waals surface area (Å²) >= 11 is 8.37. The van der Waals surface area contributed by atoms with Crippen molar-refractivity contribution in [1.82, 2.24) is 106 Å². The SMILES string of the molecule is CC[C@H](C)[C@H](NC(=O)CNC(=O)[C@@H](NC(=O)[C@H](CC(N)=O)NC(=O)[C@@H](NC(=O)[C@H](C)NC(=O)[C@H](CC(=O)O)NC(=O)[C@@H](N)CCCCN)[C@@H](C)O)[C@@H](C)O)C(=O)N[C@@H](CCCCN)C(=O)N[C@@H](CS)C(=O)N[C@@H](C)C(=O)NCC(=O)N[C@H](C(=O)N[C@@H](CC(=O)O)C(=O)N[C@H](C(=O)N[C@@H](CCCNC(=N)N)C(=O)N[C@@H](CC(C)C)C(=O)N[C@@H](CS)C(=O)N[C@@H](CC(=O)O)C(=O)N[C@H](C(=O)O)C(C)C)C(C)C)[C@@H](C)CC. The first kappa shape index (κ1) is 131. The number of carboxylic acid groups (broad SMARTS) is 4. The highest BCUT2D eigenvalue weighted by molar-refractivity contribution is 7.80. The number of thiol groups is 2. The summed E-state index contributed by atoms with van der Waals surface area (Å²) in [6, 6.07) is -29.7. The highest BCUT2D eigenvalue weighted by Crippen LogP contribution is 2.17. The van der Waals surface area contributed by atoms with Crippen LogP contribution in [0.5, 0.6) is 0 Å². The van der Waals surface area contributed by atoms with Gasteiger partial charge in [0.1, 0.15) is 103 Å². The van der Waals surface area contributed by atoms with Crippen LogP contribution in [0.25, 0.3) is 0 Å². The van der Waals surface area contributed by atoms with E-state index in [-0.39, 0.29) is 70.4 Å². The third-order valence-corrected chi connectivity index (χ3v) is 22.9. The maximum Gasteiger partial charge on any atom is 0.326 e. The lowest BCUT2D eigenvalue weighted by molar-refractivity contribution is -0.145. The largest absolute Gasteiger partial charge is 0.481 e. The quantitative estimate of drug-likeness (QED) is 0.0116. The molecule has 0 rings (SSSR count). The first-order valence-electron chi connectivity index (χ1n) is 46.9. The van der Waals surface area contributed by atoms with Gasteiger partial charge in [-0.2, -0.15) is 25.3 Å². The van der Waals surface area contributed by atoms with Crippen LogP contribution in [0.4, 0.5) is 0 Å². The van der Waals surface area contributed by atoms with Gasteiger partial charge in [-0.3, -0.25) is 116 Å². The number of unbranched alkanes of at least 4 members (excludes halogenated alkanes) is 2. The van der Waals surface area contributed by atoms with E-state index in [4.69, 9.17) is 34.1 Å². The Labute approximate surface area is 843 Å². The van der Waals surface area contributed by atoms with Crippen LogP contribution in [0.3, 0.4) is 0 Å². The number of carbonyl (C=O) groups is 24. The Balaban J connectivity index is 6.60. The molecule has 0 aliphatic heterocycles. The Bertz CT molecular complexity index is 4400. The Morgan fingerprint density at radius 1 is 0.312 bits per heavy atom. The normalized spacial score (nSPS) is 15.8. The molecule has 0 aromatic rings. The smallest absolute Gasteiger partial charge is 0.326 e. The first-order chi connectivity index (χ1) is 67.2. The highest BCUT2D eigenvalue weighted by Gasteiger charge is 2.42. The lowest BCUT2D eigenvalue weighted by atomic mass is 9.97. The molecule has 0 aliphatic rings. The topological polar surface area (TPSA) is 926 Å². The number of carboxylic acids is 4. The van der Waals surface area contributed by atoms with Gasteiger partial charge in [-0.25, -0.2) is 4.79 Å². The van der Waals surface area contributed by atoms with Crippen LogP contribution in [0.15, 0.2) is 0 Å². The van der Waals surface area contributed by atoms with Crippen molar-refractivity contribution in [2.75, 3.05) is 44.2 Å². The molecule has 56 nitrogen and oxygen atoms in total. The van der Waals surface area contributed by atoms with Gasteiger partial charge in [0.05, 0.1) is 57.0 Å². The maximum absolute atomic E-state index is 14.4. The molecule has 0 saturated carbocycles. The van der Waals surface area contributed by atoms with Crippen molar-refractivity contribution in [1.29, 1.82) is 5.41 Å². The van der Waals surface area contributed by atoms with Gasteiger partial charge in [0.25, 0.3) is 0 Å². The minimum absolute atomic E-state index is 0.00330. The summed E-state index contributed by atoms with van der Waals surface area (Å²) in [5.41, 5.74) is 28.0. The van der Waals surface area contributed by atoms with E-state index in [0.29, 0.717) is 25.8 Å². The number of rotatable bonds is 71. The molecule has 0 saturated heterocycles. The number of guanidine groups is 1. The van der Waals surface area contributed by atoms with E-state index in [1.54, 1.807) is 34.6 Å². The Morgan fingerprint density at radius 2 is 0.618 bits per heavy atom. The standard InChI is InChI=1S/C86H150N26O30S2/c1-15-40(9)64(108-58(117)34-95-80(136)66(44(13)113)112-75(131)50(29-56(90)115)103-84(140)67(45(14)114)111-69(125)43(12)97-73(129)51(30-59(118)119)100-70(126)46(89)22-17-19-25-87)82(138)99-47(23-18-20-26-88)72(128)105-54(35-143)78(134)96-42(11)68(124)94-33-57(116)107-65(41(10)16-2)83(139)104-53(32-61(122)123)76(132)109-62(38(5)6)81(137)98-48(24-21-27-93-86(91)92)71(127)101-49(28-37(3)4)74(130)106-55(36-144)79(135)102-52(31-60(120)121)77(133)110-63(39(7)8)85(141)142/h37-55,62-67,113-114,143-144H,15-36,87-89H2,1-14H3,(H2,90,115)(H,94,124)(H,95,136)(H,96,134)(H,97,129)(H,98,137)(H,99,138)(H,100,126)(H,101,127)(H,102,135)(H,103,140)(H,104,139)(H,105,128)(H,106,130)(H,107,116)(H,108,117)(H,109,132)(H,110,133)(H,111,125)(H,112,131)(H,118,119)(H,120,121)(H,122,123)(H,141,142)(H4,91,92,93)/t40-,41-,42-,43-,44+,45+,46-,47-,48-,49-,50-,51-,52-,53-,54-,55-,62-,63-,64-,65-,66-,67-/m0/s1. The zero-order valence-corrected chi connectivity index (χ0v) is 85.0. The Hall–Kier alpha value is -12.9. The molecular weight excluding hydrogens is 1940 g/mol. The Morgan fingerprint density at radius 3 is 1.00 bits per heavy atom. The van der Waals surface area contributed by atoms with Crippen LogP contribution in [-0.2, 0) is 115 Å². The van der Waals surface area contributed by atoms with Crippen molar-refractivity contribution >= 4 is 173 Å². The molecule has 0 aromatic carbocycles. The van der Waals surface area contributed by atoms with E-state index in [9.17, 15) is 146 Å². The number of amides is 20. The van der Waals surface area contributed by atoms with E-state index in [1.165, 1.54) is 41.5 Å². The van der Waals surface area contributed by atoms with Gasteiger partial charge in [0, 0.05) is 18.1 Å². The second-order valence-electron chi connectivity index (χ2n) is 35.7. The number of aliphatic carboxylic acids is 4. The molecule has 20 amide bonds. The molecule has 0 spiro atoms. The molecule has 0 bridgehead atoms. The van der Waals surface area contributed by atoms with Crippen LogP contribution >= 0.6 is 25.3 Å². The molecule has 0 fully saturated rings. The molecular formula is C86H150N26O30S2. The number of primary amides is 1. The number of hydrogen-bond acceptors (Lipinski definition) is 32. The fourth-order valence-electron chi connectivity index (χ4n) is 13.4. The lowest BCUT2D eigenvalue weighted by Gasteiger charge is -2.29. The number of carbonyl (C=O) groups excluding carboxylic acids is 20. The van der Waals surface area contributed by atoms with Crippen LogP contribution in [0.2, 0.25) is 0 Å². The number of hydrogen-bond donors (Lipinski definition) is 34. The number of aliphatic hydroxyl groups excluding tert-OH is 2. The van der Waals surface area contributed by atoms with Gasteiger partial charge in [-0.05, 0) is 122 Å². The summed E-state index contributed by atoms with van der Waals surface area (Å²) in [5, 5.41) is 114. The molecule has 0 unspecified atom stereocenters. The molecule has 0 radical (unpaired) electrons. The van der Waals surface area contributed by atoms with Crippen LogP contribution in [0, 0.1) is 35.0 Å². The van der Waals surface area contributed by atoms with Crippen LogP contribution in [0.1, 0.15) is 193 Å². The lowest BCUT2D eigenvalue weighted by Crippen LogP contribution is -2.62. The van der Waals surface area contributed by atoms with Crippen molar-refractivity contribution in [3.63, 3.8) is 0 Å². The third kappa shape index (κ3) is 49.8. The van der Waals surface area contributed by atoms with Gasteiger partial charge < -0.3 is 166 Å². The molecule has 37 N–H and O–H groups in total. The average Bonchev–Trinajstić information content (AvgIpc) is 0.885. The molecule has 144 heavy (non-hydrogen) atoms. The second-order valence-corrected chi connectivity index (χ2v) is 36.4. The minimum atomic E-state index is -2.02. The van der Waals surface area contributed by atoms with Gasteiger partial charge in [-0.1, -0.05) is 88.5 Å². The van der Waals surface area contributed by atoms with E-state index in [1.807, 2.05) is 0 Å². The van der Waals surface area contributed by atoms with E-state index >= 15 is 0 Å². The predicted octanol–water partition coefficient (Wildman–Crippen LogP) is -11.2. The van der Waals surface area contributed by atoms with Crippen molar-refractivity contribution in [3.05, 3.63) is 0 Å². The zero-order chi connectivity index (χ0) is 111. The van der Waals surface area contributed by atoms with Crippen molar-refractivity contribution < 1.29 is 146 Å². The number of nitrogens with two attached hydrogens (primary N) is 5. The van der Waals surface area contributed by atoms with Crippen molar-refractivity contribution in [2.24, 2.45) is 58.3 Å². The summed E-state index contributed by atoms with van der Waals surface area (Å²) in [5.74, 6) is -33.3. The van der Waals surface area contributed by atoms with Crippen molar-refractivity contribution in [2.45, 2.75) is 314 Å². The fraction of sp³-hybridized carbons (Fsp3) is 0.709. The number of aliphatic hydroxyl groups is 2. The monoisotopic (exact) mass is 2090 g/mol. The van der Waals surface area contributed by atoms with Crippen LogP contribution < -0.4 is 135 Å². The molecule has 22 atom stereocenters. The van der Waals surface area contributed by atoms with Gasteiger partial charge in [-0.15, -0.1) is 0 Å². The van der Waals surface area contributed by atoms with Crippen LogP contribution in [-0.4, -0.2) is 344 Å². The zero-order valence-electron chi connectivity index (χ0n) is 83.3. The summed E-state index contributed by atoms with van der Waals surface area (Å²) in [6.07, 6.45) is -6.25. The second kappa shape index (κ2) is 67.6. The van der Waals surface area contributed by atoms with E-state index in [2.05, 4.69) is 132 Å². The summed E-state index contributed by atoms with van der Waals surface area (Å²) in [4.78, 5) is 322. The molecule has 816 valence electrons. The summed E-state index contributed by atoms with van der Waals surface area (Å²) < 4.78 is 0. The third-order valence-electron chi connectivity index (χ3n) is 22.1. The summed E-state index contributed by atoms with van der Waals surface area (Å²) in [7, 11) is 0. The van der Waals surface area contributed by atoms with Crippen molar-refractivity contribution in [3.8, 4) is 0 Å². The molecule has 0 aromatic heterocycles. The number of nitrogens with one attached hydrogen (secondary N) is 21. The highest BCUT2D eigenvalue weighted by atomic mass is 32.1. The predicted molar refractivity (Wildman–Crippen MR) is 520 cm³/mol. The average molecular weight is 2090 g/mol. The fourth-order valence-corrected chi connectivity index (χ4v) is 13.9. The molecule has 0 heterocycles. The van der Waals surface area contributed by atoms with Gasteiger partial charge >= 0.3 is 23.9 Å². The van der Waals surface area contributed by atoms with Gasteiger partial charge in [0.15, 0.2) is 5.96 Å². The Kier molecular flexibility index (Phi) is 61.5. The minimum Gasteiger partial charge on any atom is -0.481 e. The maximum atomic E-state index is 14.4. The molecule has 58 heteroatoms.